The van der Waals surface area contributed by atoms with Crippen LogP contribution in [-0.2, 0) is 28.6 Å². The first-order chi connectivity index (χ1) is 11.8. The number of hydrogen-bond acceptors (Lipinski definition) is 6. The Balaban J connectivity index is 2.09. The monoisotopic (exact) mass is 348 g/mol. The van der Waals surface area contributed by atoms with Gasteiger partial charge in [0.05, 0.1) is 12.2 Å². The van der Waals surface area contributed by atoms with Gasteiger partial charge in [0, 0.05) is 11.8 Å². The summed E-state index contributed by atoms with van der Waals surface area (Å²) >= 11 is 0. The molecule has 0 spiro atoms. The lowest BCUT2D eigenvalue weighted by molar-refractivity contribution is -0.201. The first-order valence-corrected chi connectivity index (χ1v) is 8.75. The van der Waals surface area contributed by atoms with E-state index in [0.29, 0.717) is 0 Å². The number of carbonyl (C=O) groups excluding carboxylic acids is 3. The lowest BCUT2D eigenvalue weighted by atomic mass is 9.71. The van der Waals surface area contributed by atoms with Crippen LogP contribution in [0.25, 0.3) is 0 Å². The fourth-order valence-corrected chi connectivity index (χ4v) is 4.58. The van der Waals surface area contributed by atoms with Gasteiger partial charge in [-0.15, -0.1) is 0 Å². The highest BCUT2D eigenvalue weighted by atomic mass is 16.6. The zero-order valence-electron chi connectivity index (χ0n) is 14.9. The summed E-state index contributed by atoms with van der Waals surface area (Å²) in [7, 11) is 0. The number of fused-ring (bicyclic) bond motifs is 4. The molecular weight excluding hydrogens is 324 g/mol. The van der Waals surface area contributed by atoms with Crippen molar-refractivity contribution in [2.24, 2.45) is 17.8 Å². The molecule has 5 atom stereocenters. The van der Waals surface area contributed by atoms with E-state index in [4.69, 9.17) is 14.2 Å². The van der Waals surface area contributed by atoms with Gasteiger partial charge in [0.15, 0.2) is 5.78 Å². The predicted molar refractivity (Wildman–Crippen MR) is 88.5 cm³/mol. The van der Waals surface area contributed by atoms with E-state index in [1.54, 1.807) is 13.8 Å². The zero-order chi connectivity index (χ0) is 18.4. The van der Waals surface area contributed by atoms with Crippen LogP contribution < -0.4 is 0 Å². The van der Waals surface area contributed by atoms with E-state index in [2.05, 4.69) is 6.58 Å². The second kappa shape index (κ2) is 6.09. The highest BCUT2D eigenvalue weighted by Gasteiger charge is 2.70. The highest BCUT2D eigenvalue weighted by Crippen LogP contribution is 2.58. The molecule has 3 aliphatic rings. The SMILES string of the molecule is C=CCOC(=O)C1=C[C@@]2(C(=O)OCC)O[C@]1(C)[C@@H]1CC[C@@H](C)[C@H]1C2=O. The fourth-order valence-electron chi connectivity index (χ4n) is 4.58. The molecule has 0 radical (unpaired) electrons. The van der Waals surface area contributed by atoms with Crippen LogP contribution in [-0.4, -0.2) is 42.1 Å². The Labute approximate surface area is 147 Å². The van der Waals surface area contributed by atoms with Crippen LogP contribution in [0.5, 0.6) is 0 Å². The molecule has 6 heteroatoms. The minimum atomic E-state index is -1.84. The molecule has 0 aromatic carbocycles. The Hall–Kier alpha value is -1.95. The minimum Gasteiger partial charge on any atom is -0.463 e. The van der Waals surface area contributed by atoms with Crippen molar-refractivity contribution in [2.75, 3.05) is 13.2 Å². The van der Waals surface area contributed by atoms with Gasteiger partial charge >= 0.3 is 11.9 Å². The van der Waals surface area contributed by atoms with E-state index in [1.165, 1.54) is 12.2 Å². The molecule has 1 saturated heterocycles. The van der Waals surface area contributed by atoms with Gasteiger partial charge in [-0.3, -0.25) is 4.79 Å². The number of hydrogen-bond donors (Lipinski definition) is 0. The average molecular weight is 348 g/mol. The van der Waals surface area contributed by atoms with Crippen molar-refractivity contribution >= 4 is 17.7 Å². The van der Waals surface area contributed by atoms with E-state index < -0.39 is 23.1 Å². The summed E-state index contributed by atoms with van der Waals surface area (Å²) in [5.74, 6) is -1.99. The zero-order valence-corrected chi connectivity index (χ0v) is 14.9. The summed E-state index contributed by atoms with van der Waals surface area (Å²) in [5.41, 5.74) is -2.64. The van der Waals surface area contributed by atoms with Gasteiger partial charge in [0.1, 0.15) is 12.2 Å². The van der Waals surface area contributed by atoms with Gasteiger partial charge < -0.3 is 14.2 Å². The van der Waals surface area contributed by atoms with Crippen molar-refractivity contribution in [3.8, 4) is 0 Å². The summed E-state index contributed by atoms with van der Waals surface area (Å²) in [6, 6.07) is 0. The Morgan fingerprint density at radius 1 is 1.40 bits per heavy atom. The number of carbonyl (C=O) groups is 3. The lowest BCUT2D eigenvalue weighted by Crippen LogP contribution is -2.61. The minimum absolute atomic E-state index is 0.0527. The molecule has 0 aromatic rings. The standard InChI is InChI=1S/C19H24O6/c1-5-9-24-16(21)13-10-19(17(22)23-6-2)15(20)14-11(3)7-8-12(14)18(13,4)25-19/h5,10-12,14H,1,6-9H2,2-4H3/t11-,12-,14-,18-,19-/m1/s1. The Morgan fingerprint density at radius 3 is 2.76 bits per heavy atom. The van der Waals surface area contributed by atoms with Crippen molar-refractivity contribution in [3.63, 3.8) is 0 Å². The van der Waals surface area contributed by atoms with Crippen LogP contribution in [0.2, 0.25) is 0 Å². The maximum Gasteiger partial charge on any atom is 0.350 e. The predicted octanol–water partition coefficient (Wildman–Crippen LogP) is 1.98. The van der Waals surface area contributed by atoms with Crippen LogP contribution in [0.1, 0.15) is 33.6 Å². The molecule has 0 N–H and O–H groups in total. The summed E-state index contributed by atoms with van der Waals surface area (Å²) in [4.78, 5) is 38.4. The number of Topliss-reactive ketones (excluding diaryl/α,β-unsaturated/α-hetero) is 1. The first kappa shape index (κ1) is 17.9. The molecule has 2 aliphatic heterocycles. The van der Waals surface area contributed by atoms with Gasteiger partial charge in [0.25, 0.3) is 0 Å². The second-order valence-corrected chi connectivity index (χ2v) is 7.16. The average Bonchev–Trinajstić information content (AvgIpc) is 3.10. The van der Waals surface area contributed by atoms with Crippen LogP contribution in [0.3, 0.4) is 0 Å². The van der Waals surface area contributed by atoms with Gasteiger partial charge in [-0.05, 0) is 38.7 Å². The third-order valence-electron chi connectivity index (χ3n) is 5.74. The lowest BCUT2D eigenvalue weighted by Gasteiger charge is -2.45. The molecule has 0 aromatic heterocycles. The number of rotatable bonds is 5. The maximum atomic E-state index is 13.2. The van der Waals surface area contributed by atoms with Crippen molar-refractivity contribution in [2.45, 2.75) is 44.8 Å². The second-order valence-electron chi connectivity index (χ2n) is 7.16. The first-order valence-electron chi connectivity index (χ1n) is 8.75. The number of ether oxygens (including phenoxy) is 3. The molecule has 0 amide bonds. The molecule has 1 saturated carbocycles. The van der Waals surface area contributed by atoms with Crippen molar-refractivity contribution in [1.29, 1.82) is 0 Å². The van der Waals surface area contributed by atoms with E-state index in [-0.39, 0.29) is 42.3 Å². The van der Waals surface area contributed by atoms with Gasteiger partial charge in [-0.1, -0.05) is 19.6 Å². The smallest absolute Gasteiger partial charge is 0.350 e. The largest absolute Gasteiger partial charge is 0.463 e. The molecule has 6 nitrogen and oxygen atoms in total. The summed E-state index contributed by atoms with van der Waals surface area (Å²) < 4.78 is 16.3. The van der Waals surface area contributed by atoms with Crippen molar-refractivity contribution < 1.29 is 28.6 Å². The quantitative estimate of drug-likeness (QED) is 0.429. The van der Waals surface area contributed by atoms with Gasteiger partial charge in [-0.25, -0.2) is 9.59 Å². The molecule has 0 unspecified atom stereocenters. The summed E-state index contributed by atoms with van der Waals surface area (Å²) in [5, 5.41) is 0. The van der Waals surface area contributed by atoms with Crippen LogP contribution in [0.15, 0.2) is 24.3 Å². The summed E-state index contributed by atoms with van der Waals surface area (Å²) in [6.07, 6.45) is 4.42. The Morgan fingerprint density at radius 2 is 2.12 bits per heavy atom. The number of ketones is 1. The topological polar surface area (TPSA) is 78.9 Å². The van der Waals surface area contributed by atoms with Crippen molar-refractivity contribution in [1.82, 2.24) is 0 Å². The van der Waals surface area contributed by atoms with E-state index >= 15 is 0 Å². The van der Waals surface area contributed by atoms with Gasteiger partial charge in [0.2, 0.25) is 5.60 Å². The third-order valence-corrected chi connectivity index (χ3v) is 5.74. The van der Waals surface area contributed by atoms with Crippen molar-refractivity contribution in [3.05, 3.63) is 24.3 Å². The molecule has 25 heavy (non-hydrogen) atoms. The van der Waals surface area contributed by atoms with Crippen LogP contribution in [0.4, 0.5) is 0 Å². The molecule has 136 valence electrons. The van der Waals surface area contributed by atoms with E-state index in [1.807, 2.05) is 6.92 Å². The Bertz CT molecular complexity index is 665. The number of esters is 2. The molecule has 3 rings (SSSR count). The maximum absolute atomic E-state index is 13.2. The third kappa shape index (κ3) is 2.38. The normalized spacial score (nSPS) is 38.8. The molecule has 2 heterocycles. The van der Waals surface area contributed by atoms with E-state index in [0.717, 1.165) is 12.8 Å². The van der Waals surface area contributed by atoms with Crippen LogP contribution >= 0.6 is 0 Å². The van der Waals surface area contributed by atoms with Crippen LogP contribution in [0, 0.1) is 17.8 Å². The molecule has 2 bridgehead atoms. The highest BCUT2D eigenvalue weighted by molar-refractivity contribution is 6.14. The molecule has 2 fully saturated rings. The molecule has 1 aliphatic carbocycles. The van der Waals surface area contributed by atoms with Gasteiger partial charge in [-0.2, -0.15) is 0 Å². The summed E-state index contributed by atoms with van der Waals surface area (Å²) in [6.45, 7) is 9.15. The van der Waals surface area contributed by atoms with E-state index in [9.17, 15) is 14.4 Å². The molecular formula is C19H24O6. The Kier molecular flexibility index (Phi) is 4.35. The fraction of sp³-hybridized carbons (Fsp3) is 0.632.